The van der Waals surface area contributed by atoms with Gasteiger partial charge in [0.15, 0.2) is 0 Å². The third-order valence-corrected chi connectivity index (χ3v) is 3.58. The van der Waals surface area contributed by atoms with E-state index in [4.69, 9.17) is 16.7 Å². The van der Waals surface area contributed by atoms with Crippen molar-refractivity contribution in [2.24, 2.45) is 5.92 Å². The van der Waals surface area contributed by atoms with Crippen LogP contribution in [-0.2, 0) is 0 Å². The summed E-state index contributed by atoms with van der Waals surface area (Å²) >= 11 is 5.84. The molecular formula is C12H13ClN2O4. The molecule has 0 spiro atoms. The predicted octanol–water partition coefficient (Wildman–Crippen LogP) is 1.75. The van der Waals surface area contributed by atoms with Gasteiger partial charge in [-0.3, -0.25) is 14.9 Å². The van der Waals surface area contributed by atoms with Crippen molar-refractivity contribution in [3.8, 4) is 0 Å². The van der Waals surface area contributed by atoms with E-state index in [0.29, 0.717) is 19.4 Å². The maximum Gasteiger partial charge on any atom is 0.288 e. The first-order valence-corrected chi connectivity index (χ1v) is 6.26. The van der Waals surface area contributed by atoms with Gasteiger partial charge < -0.3 is 10.4 Å². The number of halogens is 1. The number of aliphatic hydroxyl groups is 1. The van der Waals surface area contributed by atoms with Crippen molar-refractivity contribution >= 4 is 23.2 Å². The lowest BCUT2D eigenvalue weighted by Crippen LogP contribution is -2.38. The number of rotatable bonds is 4. The van der Waals surface area contributed by atoms with Crippen LogP contribution in [0.25, 0.3) is 0 Å². The Morgan fingerprint density at radius 2 is 2.21 bits per heavy atom. The minimum absolute atomic E-state index is 0.0933. The highest BCUT2D eigenvalue weighted by Crippen LogP contribution is 2.28. The molecule has 6 nitrogen and oxygen atoms in total. The number of nitro groups is 1. The molecule has 1 aliphatic carbocycles. The van der Waals surface area contributed by atoms with E-state index in [0.717, 1.165) is 0 Å². The number of amides is 1. The van der Waals surface area contributed by atoms with E-state index < -0.39 is 10.8 Å². The molecule has 7 heteroatoms. The number of nitro benzene ring substituents is 1. The molecule has 0 radical (unpaired) electrons. The minimum atomic E-state index is -0.624. The molecule has 1 aliphatic rings. The summed E-state index contributed by atoms with van der Waals surface area (Å²) in [6.45, 7) is 0.439. The van der Waals surface area contributed by atoms with Crippen molar-refractivity contribution < 1.29 is 14.8 Å². The Morgan fingerprint density at radius 1 is 1.53 bits per heavy atom. The fraction of sp³-hybridized carbons (Fsp3) is 0.417. The number of hydrogen-bond donors (Lipinski definition) is 2. The smallest absolute Gasteiger partial charge is 0.288 e. The first kappa shape index (κ1) is 13.8. The van der Waals surface area contributed by atoms with Crippen LogP contribution in [0.5, 0.6) is 0 Å². The maximum absolute atomic E-state index is 11.9. The van der Waals surface area contributed by atoms with Crippen LogP contribution in [0.4, 0.5) is 5.69 Å². The number of carbonyl (C=O) groups excluding carboxylic acids is 1. The van der Waals surface area contributed by atoms with Gasteiger partial charge in [-0.25, -0.2) is 0 Å². The molecule has 1 aromatic carbocycles. The molecule has 1 aromatic rings. The molecule has 0 bridgehead atoms. The van der Waals surface area contributed by atoms with Crippen molar-refractivity contribution in [1.29, 1.82) is 0 Å². The summed E-state index contributed by atoms with van der Waals surface area (Å²) in [5.74, 6) is -0.175. The highest BCUT2D eigenvalue weighted by molar-refractivity contribution is 6.35. The Morgan fingerprint density at radius 3 is 2.79 bits per heavy atom. The lowest BCUT2D eigenvalue weighted by molar-refractivity contribution is -0.384. The van der Waals surface area contributed by atoms with Crippen LogP contribution in [0, 0.1) is 16.0 Å². The summed E-state index contributed by atoms with van der Waals surface area (Å²) in [7, 11) is 0. The van der Waals surface area contributed by atoms with Crippen molar-refractivity contribution in [2.45, 2.75) is 18.9 Å². The van der Waals surface area contributed by atoms with Crippen molar-refractivity contribution in [3.63, 3.8) is 0 Å². The van der Waals surface area contributed by atoms with Gasteiger partial charge in [0.1, 0.15) is 5.02 Å². The molecule has 2 rings (SSSR count). The third-order valence-electron chi connectivity index (χ3n) is 3.18. The van der Waals surface area contributed by atoms with Crippen LogP contribution in [0.2, 0.25) is 5.02 Å². The molecule has 102 valence electrons. The van der Waals surface area contributed by atoms with Crippen LogP contribution in [0.15, 0.2) is 18.2 Å². The van der Waals surface area contributed by atoms with Crippen LogP contribution < -0.4 is 5.32 Å². The largest absolute Gasteiger partial charge is 0.393 e. The first-order chi connectivity index (χ1) is 8.99. The van der Waals surface area contributed by atoms with Gasteiger partial charge in [0, 0.05) is 12.6 Å². The van der Waals surface area contributed by atoms with Gasteiger partial charge in [0.2, 0.25) is 0 Å². The second-order valence-corrected chi connectivity index (χ2v) is 4.98. The molecule has 1 fully saturated rings. The van der Waals surface area contributed by atoms with Gasteiger partial charge in [-0.05, 0) is 24.8 Å². The zero-order valence-corrected chi connectivity index (χ0v) is 10.8. The van der Waals surface area contributed by atoms with Gasteiger partial charge in [0.05, 0.1) is 16.6 Å². The lowest BCUT2D eigenvalue weighted by atomic mass is 9.82. The molecule has 2 N–H and O–H groups in total. The topological polar surface area (TPSA) is 92.5 Å². The van der Waals surface area contributed by atoms with E-state index in [9.17, 15) is 14.9 Å². The van der Waals surface area contributed by atoms with E-state index in [1.807, 2.05) is 0 Å². The average Bonchev–Trinajstić information content (AvgIpc) is 2.32. The summed E-state index contributed by atoms with van der Waals surface area (Å²) in [5.41, 5.74) is -0.191. The van der Waals surface area contributed by atoms with Gasteiger partial charge >= 0.3 is 0 Å². The van der Waals surface area contributed by atoms with Crippen molar-refractivity contribution in [2.75, 3.05) is 6.54 Å². The number of hydrogen-bond acceptors (Lipinski definition) is 4. The molecule has 0 aliphatic heterocycles. The van der Waals surface area contributed by atoms with Gasteiger partial charge in [0.25, 0.3) is 11.6 Å². The Balaban J connectivity index is 2.02. The summed E-state index contributed by atoms with van der Waals surface area (Å²) in [6.07, 6.45) is 1.06. The Kier molecular flexibility index (Phi) is 4.01. The number of carbonyl (C=O) groups is 1. The van der Waals surface area contributed by atoms with Crippen LogP contribution in [0.3, 0.4) is 0 Å². The lowest BCUT2D eigenvalue weighted by Gasteiger charge is -2.31. The third kappa shape index (κ3) is 3.02. The zero-order valence-electron chi connectivity index (χ0n) is 10.0. The van der Waals surface area contributed by atoms with Gasteiger partial charge in [-0.15, -0.1) is 0 Å². The number of nitrogens with zero attached hydrogens (tertiary/aromatic N) is 1. The van der Waals surface area contributed by atoms with Gasteiger partial charge in [-0.2, -0.15) is 0 Å². The van der Waals surface area contributed by atoms with Crippen LogP contribution in [-0.4, -0.2) is 28.6 Å². The molecule has 1 amide bonds. The Hall–Kier alpha value is -1.66. The molecule has 1 saturated carbocycles. The highest BCUT2D eigenvalue weighted by atomic mass is 35.5. The zero-order chi connectivity index (χ0) is 14.0. The summed E-state index contributed by atoms with van der Waals surface area (Å²) in [5, 5.41) is 22.4. The summed E-state index contributed by atoms with van der Waals surface area (Å²) in [6, 6.07) is 4.12. The van der Waals surface area contributed by atoms with Gasteiger partial charge in [-0.1, -0.05) is 17.7 Å². The van der Waals surface area contributed by atoms with Crippen LogP contribution in [0.1, 0.15) is 23.2 Å². The van der Waals surface area contributed by atoms with Crippen molar-refractivity contribution in [1.82, 2.24) is 5.32 Å². The second kappa shape index (κ2) is 5.54. The van der Waals surface area contributed by atoms with E-state index in [-0.39, 0.29) is 28.3 Å². The van der Waals surface area contributed by atoms with E-state index in [1.54, 1.807) is 0 Å². The Labute approximate surface area is 114 Å². The molecule has 19 heavy (non-hydrogen) atoms. The minimum Gasteiger partial charge on any atom is -0.393 e. The highest BCUT2D eigenvalue weighted by Gasteiger charge is 2.28. The van der Waals surface area contributed by atoms with E-state index in [1.165, 1.54) is 18.2 Å². The quantitative estimate of drug-likeness (QED) is 0.651. The monoisotopic (exact) mass is 284 g/mol. The summed E-state index contributed by atoms with van der Waals surface area (Å²) < 4.78 is 0. The fourth-order valence-electron chi connectivity index (χ4n) is 2.04. The molecular weight excluding hydrogens is 272 g/mol. The molecule has 0 unspecified atom stereocenters. The molecule has 0 saturated heterocycles. The maximum atomic E-state index is 11.9. The molecule has 0 heterocycles. The summed E-state index contributed by atoms with van der Waals surface area (Å²) in [4.78, 5) is 22.0. The standard InChI is InChI=1S/C12H13ClN2O4/c13-11-9(2-1-3-10(11)15(18)19)12(17)14-6-7-4-8(16)5-7/h1-3,7-8,16H,4-6H2,(H,14,17). The predicted molar refractivity (Wildman–Crippen MR) is 69.2 cm³/mol. The average molecular weight is 285 g/mol. The van der Waals surface area contributed by atoms with Crippen LogP contribution >= 0.6 is 11.6 Å². The number of nitrogens with one attached hydrogen (secondary N) is 1. The second-order valence-electron chi connectivity index (χ2n) is 4.60. The normalized spacial score (nSPS) is 21.6. The molecule has 0 atom stereocenters. The van der Waals surface area contributed by atoms with E-state index >= 15 is 0 Å². The SMILES string of the molecule is O=C(NCC1CC(O)C1)c1cccc([N+](=O)[O-])c1Cl. The number of benzene rings is 1. The van der Waals surface area contributed by atoms with E-state index in [2.05, 4.69) is 5.32 Å². The fourth-order valence-corrected chi connectivity index (χ4v) is 2.32. The number of aliphatic hydroxyl groups excluding tert-OH is 1. The first-order valence-electron chi connectivity index (χ1n) is 5.88. The Bertz CT molecular complexity index is 514. The van der Waals surface area contributed by atoms with Crippen molar-refractivity contribution in [3.05, 3.63) is 38.9 Å². The molecule has 0 aromatic heterocycles.